The predicted molar refractivity (Wildman–Crippen MR) is 57.4 cm³/mol. The van der Waals surface area contributed by atoms with E-state index in [1.54, 1.807) is 17.2 Å². The van der Waals surface area contributed by atoms with Crippen molar-refractivity contribution in [3.63, 3.8) is 0 Å². The van der Waals surface area contributed by atoms with Crippen LogP contribution in [0.2, 0.25) is 10.0 Å². The lowest BCUT2D eigenvalue weighted by atomic mass is 10.2. The minimum Gasteiger partial charge on any atom is -0.293 e. The summed E-state index contributed by atoms with van der Waals surface area (Å²) in [5.41, 5.74) is 0.865. The Morgan fingerprint density at radius 1 is 1.53 bits per heavy atom. The van der Waals surface area contributed by atoms with Gasteiger partial charge in [-0.15, -0.1) is 0 Å². The molecule has 1 heterocycles. The first-order valence-corrected chi connectivity index (χ1v) is 5.19. The summed E-state index contributed by atoms with van der Waals surface area (Å²) < 4.78 is 0. The average Bonchev–Trinajstić information content (AvgIpc) is 2.95. The summed E-state index contributed by atoms with van der Waals surface area (Å²) in [6.45, 7) is 1.04. The van der Waals surface area contributed by atoms with Gasteiger partial charge in [-0.05, 0) is 17.7 Å². The first kappa shape index (κ1) is 10.7. The lowest BCUT2D eigenvalue weighted by molar-refractivity contribution is -0.0826. The van der Waals surface area contributed by atoms with Crippen molar-refractivity contribution in [2.24, 2.45) is 0 Å². The number of hydroxylamine groups is 2. The molecule has 3 nitrogen and oxygen atoms in total. The minimum atomic E-state index is -0.101. The Kier molecular flexibility index (Phi) is 3.13. The smallest absolute Gasteiger partial charge is 0.137 e. The highest BCUT2D eigenvalue weighted by Crippen LogP contribution is 2.24. The molecule has 5 heteroatoms. The Bertz CT molecular complexity index is 416. The van der Waals surface area contributed by atoms with E-state index in [0.717, 1.165) is 5.56 Å². The molecule has 2 unspecified atom stereocenters. The molecule has 78 valence electrons. The Hall–Kier alpha value is -0.790. The molecule has 1 fully saturated rings. The number of nitrogens with zero attached hydrogens (tertiary/aromatic N) is 2. The molecule has 15 heavy (non-hydrogen) atoms. The molecule has 0 amide bonds. The lowest BCUT2D eigenvalue weighted by Crippen LogP contribution is -2.02. The Labute approximate surface area is 97.7 Å². The molecule has 1 saturated heterocycles. The zero-order valence-corrected chi connectivity index (χ0v) is 9.29. The van der Waals surface area contributed by atoms with Gasteiger partial charge in [0.1, 0.15) is 6.04 Å². The maximum atomic E-state index is 8.55. The van der Waals surface area contributed by atoms with Crippen LogP contribution in [0.3, 0.4) is 0 Å². The number of hydrogen-bond acceptors (Lipinski definition) is 3. The molecule has 0 bridgehead atoms. The highest BCUT2D eigenvalue weighted by molar-refractivity contribution is 6.35. The highest BCUT2D eigenvalue weighted by atomic mass is 35.5. The molecule has 2 atom stereocenters. The summed E-state index contributed by atoms with van der Waals surface area (Å²) in [7, 11) is 0. The summed E-state index contributed by atoms with van der Waals surface area (Å²) in [6, 6.07) is 7.24. The van der Waals surface area contributed by atoms with E-state index in [1.807, 2.05) is 6.07 Å². The Balaban J connectivity index is 1.92. The fourth-order valence-electron chi connectivity index (χ4n) is 1.16. The maximum absolute atomic E-state index is 8.55. The van der Waals surface area contributed by atoms with E-state index in [4.69, 9.17) is 33.3 Å². The molecule has 0 N–H and O–H groups in total. The molecule has 0 saturated carbocycles. The van der Waals surface area contributed by atoms with E-state index in [0.29, 0.717) is 23.2 Å². The van der Waals surface area contributed by atoms with Gasteiger partial charge < -0.3 is 0 Å². The summed E-state index contributed by atoms with van der Waals surface area (Å²) in [4.78, 5) is 5.35. The van der Waals surface area contributed by atoms with Crippen LogP contribution in [0.1, 0.15) is 5.56 Å². The van der Waals surface area contributed by atoms with Crippen LogP contribution >= 0.6 is 23.2 Å². The number of nitriles is 1. The van der Waals surface area contributed by atoms with Crippen LogP contribution in [-0.2, 0) is 11.4 Å². The van der Waals surface area contributed by atoms with E-state index in [1.165, 1.54) is 0 Å². The first-order valence-electron chi connectivity index (χ1n) is 4.44. The van der Waals surface area contributed by atoms with Gasteiger partial charge in [0.05, 0.1) is 19.2 Å². The second-order valence-corrected chi connectivity index (χ2v) is 4.10. The van der Waals surface area contributed by atoms with Gasteiger partial charge in [0.15, 0.2) is 0 Å². The molecular weight excluding hydrogens is 235 g/mol. The molecular formula is C10H8Cl2N2O. The summed E-state index contributed by atoms with van der Waals surface area (Å²) in [6.07, 6.45) is 0. The normalized spacial score (nSPS) is 23.5. The van der Waals surface area contributed by atoms with E-state index in [-0.39, 0.29) is 6.04 Å². The van der Waals surface area contributed by atoms with Crippen molar-refractivity contribution >= 4 is 23.2 Å². The van der Waals surface area contributed by atoms with E-state index in [2.05, 4.69) is 6.07 Å². The molecule has 0 spiro atoms. The monoisotopic (exact) mass is 242 g/mol. The molecule has 1 aromatic rings. The summed E-state index contributed by atoms with van der Waals surface area (Å²) in [5.74, 6) is 0. The Morgan fingerprint density at radius 3 is 2.93 bits per heavy atom. The van der Waals surface area contributed by atoms with Crippen molar-refractivity contribution in [1.29, 1.82) is 5.26 Å². The average molecular weight is 243 g/mol. The third-order valence-corrected chi connectivity index (χ3v) is 2.70. The SMILES string of the molecule is N#CC1CN1OCc1ccc(Cl)cc1Cl. The quantitative estimate of drug-likeness (QED) is 0.765. The van der Waals surface area contributed by atoms with Crippen LogP contribution in [0.4, 0.5) is 0 Å². The first-order chi connectivity index (χ1) is 7.20. The fraction of sp³-hybridized carbons (Fsp3) is 0.300. The van der Waals surface area contributed by atoms with Crippen LogP contribution < -0.4 is 0 Å². The molecule has 1 aliphatic rings. The van der Waals surface area contributed by atoms with Crippen LogP contribution in [0.25, 0.3) is 0 Å². The van der Waals surface area contributed by atoms with Gasteiger partial charge in [0.25, 0.3) is 0 Å². The molecule has 0 radical (unpaired) electrons. The molecule has 2 rings (SSSR count). The minimum absolute atomic E-state index is 0.101. The van der Waals surface area contributed by atoms with E-state index < -0.39 is 0 Å². The third kappa shape index (κ3) is 2.61. The summed E-state index contributed by atoms with van der Waals surface area (Å²) >= 11 is 11.7. The van der Waals surface area contributed by atoms with E-state index >= 15 is 0 Å². The van der Waals surface area contributed by atoms with Gasteiger partial charge in [-0.1, -0.05) is 29.3 Å². The van der Waals surface area contributed by atoms with Crippen LogP contribution in [0.15, 0.2) is 18.2 Å². The van der Waals surface area contributed by atoms with Gasteiger partial charge in [0.2, 0.25) is 0 Å². The van der Waals surface area contributed by atoms with Crippen molar-refractivity contribution in [1.82, 2.24) is 5.06 Å². The second-order valence-electron chi connectivity index (χ2n) is 3.25. The largest absolute Gasteiger partial charge is 0.293 e. The van der Waals surface area contributed by atoms with Crippen molar-refractivity contribution in [3.8, 4) is 6.07 Å². The lowest BCUT2D eigenvalue weighted by Gasteiger charge is -2.05. The number of benzene rings is 1. The standard InChI is InChI=1S/C10H8Cl2N2O/c11-8-2-1-7(10(12)3-8)6-15-14-5-9(14)4-13/h1-3,9H,5-6H2. The zero-order valence-electron chi connectivity index (χ0n) is 7.78. The topological polar surface area (TPSA) is 36.0 Å². The molecule has 1 aromatic carbocycles. The predicted octanol–water partition coefficient (Wildman–Crippen LogP) is 2.63. The van der Waals surface area contributed by atoms with Gasteiger partial charge in [0, 0.05) is 10.0 Å². The molecule has 0 aromatic heterocycles. The molecule has 0 aliphatic carbocycles. The van der Waals surface area contributed by atoms with Gasteiger partial charge in [-0.3, -0.25) is 4.84 Å². The Morgan fingerprint density at radius 2 is 2.33 bits per heavy atom. The van der Waals surface area contributed by atoms with Crippen molar-refractivity contribution in [3.05, 3.63) is 33.8 Å². The second kappa shape index (κ2) is 4.38. The zero-order chi connectivity index (χ0) is 10.8. The maximum Gasteiger partial charge on any atom is 0.137 e. The fourth-order valence-corrected chi connectivity index (χ4v) is 1.63. The van der Waals surface area contributed by atoms with Gasteiger partial charge >= 0.3 is 0 Å². The number of hydrogen-bond donors (Lipinski definition) is 0. The van der Waals surface area contributed by atoms with Crippen molar-refractivity contribution in [2.45, 2.75) is 12.6 Å². The number of rotatable bonds is 3. The van der Waals surface area contributed by atoms with Crippen molar-refractivity contribution in [2.75, 3.05) is 6.54 Å². The summed E-state index contributed by atoms with van der Waals surface area (Å²) in [5, 5.41) is 11.3. The highest BCUT2D eigenvalue weighted by Gasteiger charge is 2.35. The van der Waals surface area contributed by atoms with E-state index in [9.17, 15) is 0 Å². The number of halogens is 2. The van der Waals surface area contributed by atoms with Crippen LogP contribution in [0.5, 0.6) is 0 Å². The van der Waals surface area contributed by atoms with Gasteiger partial charge in [-0.25, -0.2) is 0 Å². The van der Waals surface area contributed by atoms with Crippen LogP contribution in [0, 0.1) is 11.3 Å². The van der Waals surface area contributed by atoms with Gasteiger partial charge in [-0.2, -0.15) is 10.3 Å². The molecule has 1 aliphatic heterocycles. The third-order valence-electron chi connectivity index (χ3n) is 2.12. The van der Waals surface area contributed by atoms with Crippen LogP contribution in [-0.4, -0.2) is 17.6 Å². The van der Waals surface area contributed by atoms with Crippen molar-refractivity contribution < 1.29 is 4.84 Å².